The molecule has 1 aromatic heterocycles. The molecule has 0 aliphatic heterocycles. The van der Waals surface area contributed by atoms with Crippen LogP contribution >= 0.6 is 0 Å². The quantitative estimate of drug-likeness (QED) is 0.817. The van der Waals surface area contributed by atoms with Gasteiger partial charge in [-0.2, -0.15) is 0 Å². The van der Waals surface area contributed by atoms with Gasteiger partial charge in [0.05, 0.1) is 18.4 Å². The number of aromatic nitrogens is 1. The highest BCUT2D eigenvalue weighted by Crippen LogP contribution is 2.23. The lowest BCUT2D eigenvalue weighted by atomic mass is 9.89. The fourth-order valence-corrected chi connectivity index (χ4v) is 3.22. The summed E-state index contributed by atoms with van der Waals surface area (Å²) in [5.41, 5.74) is 1.36. The predicted octanol–water partition coefficient (Wildman–Crippen LogP) is 3.98. The van der Waals surface area contributed by atoms with Crippen molar-refractivity contribution in [1.29, 1.82) is 0 Å². The number of carbonyl (C=O) groups is 1. The smallest absolute Gasteiger partial charge is 0.252 e. The van der Waals surface area contributed by atoms with Gasteiger partial charge in [-0.15, -0.1) is 0 Å². The summed E-state index contributed by atoms with van der Waals surface area (Å²) in [5.74, 6) is 2.04. The highest BCUT2D eigenvalue weighted by atomic mass is 16.5. The number of ether oxygens (including phenoxy) is 2. The van der Waals surface area contributed by atoms with E-state index in [2.05, 4.69) is 10.3 Å². The van der Waals surface area contributed by atoms with Gasteiger partial charge in [0.15, 0.2) is 0 Å². The van der Waals surface area contributed by atoms with Crippen molar-refractivity contribution in [3.63, 3.8) is 0 Å². The van der Waals surface area contributed by atoms with Crippen LogP contribution in [0.3, 0.4) is 0 Å². The minimum atomic E-state index is -0.0525. The highest BCUT2D eigenvalue weighted by molar-refractivity contribution is 5.93. The number of amides is 1. The van der Waals surface area contributed by atoms with Crippen LogP contribution in [0.4, 0.5) is 0 Å². The highest BCUT2D eigenvalue weighted by Gasteiger charge is 2.15. The third kappa shape index (κ3) is 5.22. The summed E-state index contributed by atoms with van der Waals surface area (Å²) >= 11 is 0. The number of nitrogens with one attached hydrogen (secondary N) is 1. The second-order valence-corrected chi connectivity index (χ2v) is 6.72. The first kappa shape index (κ1) is 18.2. The average molecular weight is 354 g/mol. The Labute approximate surface area is 154 Å². The van der Waals surface area contributed by atoms with Crippen LogP contribution in [0.1, 0.15) is 48.2 Å². The number of benzene rings is 1. The predicted molar refractivity (Wildman–Crippen MR) is 100 cm³/mol. The van der Waals surface area contributed by atoms with E-state index in [0.29, 0.717) is 18.1 Å². The van der Waals surface area contributed by atoms with Gasteiger partial charge in [0.2, 0.25) is 0 Å². The minimum absolute atomic E-state index is 0.0525. The fraction of sp³-hybridized carbons (Fsp3) is 0.429. The molecule has 0 atom stereocenters. The molecule has 1 saturated carbocycles. The van der Waals surface area contributed by atoms with E-state index in [1.807, 2.05) is 30.3 Å². The van der Waals surface area contributed by atoms with E-state index < -0.39 is 0 Å². The largest absolute Gasteiger partial charge is 0.497 e. The first-order valence-electron chi connectivity index (χ1n) is 9.24. The SMILES string of the molecule is COc1cccc(OCc2ccc(C(=O)NCC3CCCCC3)cn2)c1. The van der Waals surface area contributed by atoms with Crippen molar-refractivity contribution in [3.05, 3.63) is 53.9 Å². The molecular weight excluding hydrogens is 328 g/mol. The zero-order valence-corrected chi connectivity index (χ0v) is 15.2. The molecule has 5 nitrogen and oxygen atoms in total. The molecule has 0 saturated heterocycles. The number of rotatable bonds is 7. The maximum absolute atomic E-state index is 12.3. The molecule has 1 heterocycles. The maximum atomic E-state index is 12.3. The molecule has 3 rings (SSSR count). The van der Waals surface area contributed by atoms with Crippen LogP contribution in [0.5, 0.6) is 11.5 Å². The lowest BCUT2D eigenvalue weighted by molar-refractivity contribution is 0.0943. The molecule has 0 radical (unpaired) electrons. The monoisotopic (exact) mass is 354 g/mol. The number of hydrogen-bond acceptors (Lipinski definition) is 4. The molecule has 0 spiro atoms. The molecule has 2 aromatic rings. The second-order valence-electron chi connectivity index (χ2n) is 6.72. The Morgan fingerprint density at radius 3 is 2.69 bits per heavy atom. The molecule has 0 bridgehead atoms. The van der Waals surface area contributed by atoms with Gasteiger partial charge >= 0.3 is 0 Å². The van der Waals surface area contributed by atoms with Gasteiger partial charge in [-0.3, -0.25) is 9.78 Å². The first-order valence-corrected chi connectivity index (χ1v) is 9.24. The summed E-state index contributed by atoms with van der Waals surface area (Å²) in [5, 5.41) is 3.03. The van der Waals surface area contributed by atoms with Crippen molar-refractivity contribution in [2.24, 2.45) is 5.92 Å². The molecule has 1 amide bonds. The zero-order valence-electron chi connectivity index (χ0n) is 15.2. The van der Waals surface area contributed by atoms with Crippen LogP contribution in [-0.4, -0.2) is 24.5 Å². The van der Waals surface area contributed by atoms with Gasteiger partial charge in [0.25, 0.3) is 5.91 Å². The summed E-state index contributed by atoms with van der Waals surface area (Å²) < 4.78 is 10.9. The van der Waals surface area contributed by atoms with E-state index in [9.17, 15) is 4.79 Å². The van der Waals surface area contributed by atoms with Crippen LogP contribution in [0.2, 0.25) is 0 Å². The van der Waals surface area contributed by atoms with E-state index in [1.165, 1.54) is 32.1 Å². The Balaban J connectivity index is 1.48. The van der Waals surface area contributed by atoms with Crippen molar-refractivity contribution in [3.8, 4) is 11.5 Å². The second kappa shape index (κ2) is 9.22. The topological polar surface area (TPSA) is 60.5 Å². The molecule has 1 N–H and O–H groups in total. The number of carbonyl (C=O) groups excluding carboxylic acids is 1. The number of pyridine rings is 1. The molecule has 138 valence electrons. The summed E-state index contributed by atoms with van der Waals surface area (Å²) in [7, 11) is 1.62. The van der Waals surface area contributed by atoms with E-state index in [-0.39, 0.29) is 5.91 Å². The van der Waals surface area contributed by atoms with Gasteiger partial charge in [-0.05, 0) is 43.0 Å². The van der Waals surface area contributed by atoms with Crippen LogP contribution < -0.4 is 14.8 Å². The Morgan fingerprint density at radius 2 is 1.96 bits per heavy atom. The number of methoxy groups -OCH3 is 1. The molecule has 26 heavy (non-hydrogen) atoms. The van der Waals surface area contributed by atoms with Crippen LogP contribution in [0, 0.1) is 5.92 Å². The average Bonchev–Trinajstić information content (AvgIpc) is 2.72. The molecular formula is C21H26N2O3. The summed E-state index contributed by atoms with van der Waals surface area (Å²) in [6.07, 6.45) is 7.94. The Kier molecular flexibility index (Phi) is 6.47. The number of hydrogen-bond donors (Lipinski definition) is 1. The summed E-state index contributed by atoms with van der Waals surface area (Å²) in [6, 6.07) is 11.1. The Morgan fingerprint density at radius 1 is 1.15 bits per heavy atom. The first-order chi connectivity index (χ1) is 12.7. The lowest BCUT2D eigenvalue weighted by Gasteiger charge is -2.21. The molecule has 0 unspecified atom stereocenters. The van der Waals surface area contributed by atoms with E-state index >= 15 is 0 Å². The van der Waals surface area contributed by atoms with E-state index in [0.717, 1.165) is 23.7 Å². The van der Waals surface area contributed by atoms with Crippen molar-refractivity contribution in [1.82, 2.24) is 10.3 Å². The van der Waals surface area contributed by atoms with Gasteiger partial charge in [0, 0.05) is 18.8 Å². The van der Waals surface area contributed by atoms with Gasteiger partial charge in [0.1, 0.15) is 18.1 Å². The summed E-state index contributed by atoms with van der Waals surface area (Å²) in [6.45, 7) is 1.11. The normalized spacial score (nSPS) is 14.7. The van der Waals surface area contributed by atoms with Crippen LogP contribution in [-0.2, 0) is 6.61 Å². The Bertz CT molecular complexity index is 709. The third-order valence-corrected chi connectivity index (χ3v) is 4.79. The standard InChI is InChI=1S/C21H26N2O3/c1-25-19-8-5-9-20(12-19)26-15-18-11-10-17(14-22-18)21(24)23-13-16-6-3-2-4-7-16/h5,8-12,14,16H,2-4,6-7,13,15H2,1H3,(H,23,24). The molecule has 1 aliphatic carbocycles. The minimum Gasteiger partial charge on any atom is -0.497 e. The van der Waals surface area contributed by atoms with E-state index in [4.69, 9.17) is 9.47 Å². The van der Waals surface area contributed by atoms with Gasteiger partial charge in [-0.1, -0.05) is 25.3 Å². The Hall–Kier alpha value is -2.56. The van der Waals surface area contributed by atoms with Crippen molar-refractivity contribution in [2.45, 2.75) is 38.7 Å². The van der Waals surface area contributed by atoms with Gasteiger partial charge in [-0.25, -0.2) is 0 Å². The molecule has 1 aromatic carbocycles. The fourth-order valence-electron chi connectivity index (χ4n) is 3.22. The number of nitrogens with zero attached hydrogens (tertiary/aromatic N) is 1. The van der Waals surface area contributed by atoms with Crippen LogP contribution in [0.25, 0.3) is 0 Å². The van der Waals surface area contributed by atoms with Crippen molar-refractivity contribution < 1.29 is 14.3 Å². The van der Waals surface area contributed by atoms with Gasteiger partial charge < -0.3 is 14.8 Å². The maximum Gasteiger partial charge on any atom is 0.252 e. The lowest BCUT2D eigenvalue weighted by Crippen LogP contribution is -2.30. The van der Waals surface area contributed by atoms with E-state index in [1.54, 1.807) is 19.4 Å². The molecule has 1 fully saturated rings. The van der Waals surface area contributed by atoms with Crippen molar-refractivity contribution in [2.75, 3.05) is 13.7 Å². The zero-order chi connectivity index (χ0) is 18.2. The van der Waals surface area contributed by atoms with Crippen molar-refractivity contribution >= 4 is 5.91 Å². The molecule has 5 heteroatoms. The third-order valence-electron chi connectivity index (χ3n) is 4.79. The van der Waals surface area contributed by atoms with Crippen LogP contribution in [0.15, 0.2) is 42.6 Å². The molecule has 1 aliphatic rings. The summed E-state index contributed by atoms with van der Waals surface area (Å²) in [4.78, 5) is 16.6.